The Bertz CT molecular complexity index is 1260. The number of carbonyl (C=O) groups is 2. The lowest BCUT2D eigenvalue weighted by molar-refractivity contribution is -0.205. The highest BCUT2D eigenvalue weighted by Gasteiger charge is 2.48. The van der Waals surface area contributed by atoms with Gasteiger partial charge in [-0.15, -0.1) is 23.4 Å². The van der Waals surface area contributed by atoms with E-state index in [1.165, 1.54) is 47.7 Å². The standard InChI is InChI=1S/C21H30O.C18H33ClN2O5S/c1-16(9-7-10-17(2)15-19(4)22)12-13-20-18(3)11-8-14-21(20,5)6;1-5-6-10-7-11(21(3)8-10)17(25)20-12(9(2)19)16-14(23)13(22)15(24)18(26-16)27-4/h7,9-10,12-13,15H,8,11,14H2,1-6H3;9-16,18,22-24H,5-8H2,1-4H3,(H,20,25)/b10-7+,13-12+,16-9+,17-15+;. The average Bonchev–Trinajstić information content (AvgIpc) is 3.38. The van der Waals surface area contributed by atoms with Crippen LogP contribution in [-0.4, -0.2) is 99.1 Å². The van der Waals surface area contributed by atoms with Gasteiger partial charge in [0.05, 0.1) is 17.5 Å². The summed E-state index contributed by atoms with van der Waals surface area (Å²) in [6, 6.07) is -0.934. The molecule has 49 heavy (non-hydrogen) atoms. The minimum Gasteiger partial charge on any atom is -0.388 e. The van der Waals surface area contributed by atoms with Gasteiger partial charge in [0, 0.05) is 6.54 Å². The monoisotopic (exact) mass is 722 g/mol. The van der Waals surface area contributed by atoms with Crippen molar-refractivity contribution in [3.8, 4) is 0 Å². The van der Waals surface area contributed by atoms with Crippen molar-refractivity contribution in [2.75, 3.05) is 19.8 Å². The molecule has 1 aliphatic carbocycles. The first-order valence-corrected chi connectivity index (χ1v) is 19.4. The van der Waals surface area contributed by atoms with E-state index < -0.39 is 41.3 Å². The Kier molecular flexibility index (Phi) is 18.0. The first kappa shape index (κ1) is 43.4. The Labute approximate surface area is 305 Å². The van der Waals surface area contributed by atoms with E-state index in [1.807, 2.05) is 31.0 Å². The molecule has 2 heterocycles. The summed E-state index contributed by atoms with van der Waals surface area (Å²) in [7, 11) is 1.94. The fraction of sp³-hybridized carbons (Fsp3) is 0.692. The number of halogens is 1. The molecule has 9 unspecified atom stereocenters. The van der Waals surface area contributed by atoms with Crippen LogP contribution >= 0.6 is 23.4 Å². The van der Waals surface area contributed by atoms with Crippen LogP contribution in [0.15, 0.2) is 58.7 Å². The van der Waals surface area contributed by atoms with Crippen LogP contribution in [0.4, 0.5) is 0 Å². The Morgan fingerprint density at radius 1 is 1.12 bits per heavy atom. The van der Waals surface area contributed by atoms with Gasteiger partial charge in [0.1, 0.15) is 29.9 Å². The van der Waals surface area contributed by atoms with Gasteiger partial charge in [0.15, 0.2) is 5.78 Å². The molecule has 0 aromatic rings. The average molecular weight is 723 g/mol. The lowest BCUT2D eigenvalue weighted by Crippen LogP contribution is -2.65. The number of alkyl halides is 1. The van der Waals surface area contributed by atoms with Gasteiger partial charge in [0.2, 0.25) is 5.91 Å². The number of ketones is 1. The Balaban J connectivity index is 0.000000348. The number of nitrogens with one attached hydrogen (secondary N) is 1. The Hall–Kier alpha value is -1.72. The van der Waals surface area contributed by atoms with Crippen LogP contribution in [0.1, 0.15) is 93.9 Å². The highest BCUT2D eigenvalue weighted by Crippen LogP contribution is 2.41. The molecule has 0 bridgehead atoms. The van der Waals surface area contributed by atoms with Crippen LogP contribution in [0.25, 0.3) is 0 Å². The van der Waals surface area contributed by atoms with E-state index in [-0.39, 0.29) is 23.1 Å². The van der Waals surface area contributed by atoms with E-state index in [0.29, 0.717) is 5.92 Å². The number of rotatable bonds is 12. The molecular weight excluding hydrogens is 660 g/mol. The van der Waals surface area contributed by atoms with Crippen LogP contribution in [0.3, 0.4) is 0 Å². The quantitative estimate of drug-likeness (QED) is 0.103. The molecule has 0 aromatic heterocycles. The second kappa shape index (κ2) is 20.4. The second-order valence-electron chi connectivity index (χ2n) is 14.8. The largest absolute Gasteiger partial charge is 0.388 e. The predicted octanol–water partition coefficient (Wildman–Crippen LogP) is 6.50. The van der Waals surface area contributed by atoms with Crippen molar-refractivity contribution in [3.05, 3.63) is 58.7 Å². The van der Waals surface area contributed by atoms with Gasteiger partial charge < -0.3 is 25.4 Å². The molecule has 0 spiro atoms. The summed E-state index contributed by atoms with van der Waals surface area (Å²) in [4.78, 5) is 25.9. The Morgan fingerprint density at radius 3 is 2.37 bits per heavy atom. The third-order valence-electron chi connectivity index (χ3n) is 9.84. The highest BCUT2D eigenvalue weighted by atomic mass is 35.5. The van der Waals surface area contributed by atoms with Crippen LogP contribution in [0, 0.1) is 11.3 Å². The summed E-state index contributed by atoms with van der Waals surface area (Å²) in [6.07, 6.45) is 15.9. The molecule has 278 valence electrons. The van der Waals surface area contributed by atoms with Crippen molar-refractivity contribution in [1.29, 1.82) is 0 Å². The smallest absolute Gasteiger partial charge is 0.237 e. The number of hydrogen-bond donors (Lipinski definition) is 4. The zero-order chi connectivity index (χ0) is 37.1. The van der Waals surface area contributed by atoms with Crippen molar-refractivity contribution in [3.63, 3.8) is 0 Å². The van der Waals surface area contributed by atoms with Gasteiger partial charge in [-0.3, -0.25) is 14.5 Å². The zero-order valence-electron chi connectivity index (χ0n) is 31.4. The minimum absolute atomic E-state index is 0.0877. The molecule has 2 fully saturated rings. The fourth-order valence-electron chi connectivity index (χ4n) is 7.11. The van der Waals surface area contributed by atoms with Crippen molar-refractivity contribution >= 4 is 35.1 Å². The molecule has 0 aromatic carbocycles. The van der Waals surface area contributed by atoms with Gasteiger partial charge >= 0.3 is 0 Å². The summed E-state index contributed by atoms with van der Waals surface area (Å²) in [5.74, 6) is 0.437. The van der Waals surface area contributed by atoms with E-state index in [2.05, 4.69) is 58.2 Å². The Morgan fingerprint density at radius 2 is 1.80 bits per heavy atom. The number of carbonyl (C=O) groups excluding carboxylic acids is 2. The summed E-state index contributed by atoms with van der Waals surface area (Å²) >= 11 is 7.55. The molecule has 4 N–H and O–H groups in total. The second-order valence-corrected chi connectivity index (χ2v) is 16.4. The summed E-state index contributed by atoms with van der Waals surface area (Å²) < 4.78 is 5.79. The van der Waals surface area contributed by atoms with Gasteiger partial charge in [0.25, 0.3) is 0 Å². The first-order chi connectivity index (χ1) is 22.9. The minimum atomic E-state index is -1.36. The number of allylic oxidation sites excluding steroid dienone is 10. The van der Waals surface area contributed by atoms with E-state index in [0.717, 1.165) is 31.4 Å². The van der Waals surface area contributed by atoms with Gasteiger partial charge in [-0.05, 0) is 109 Å². The number of nitrogens with zero attached hydrogens (tertiary/aromatic N) is 1. The molecule has 10 heteroatoms. The molecule has 3 aliphatic rings. The number of aliphatic hydroxyl groups excluding tert-OH is 3. The maximum Gasteiger partial charge on any atom is 0.237 e. The molecule has 2 saturated heterocycles. The van der Waals surface area contributed by atoms with Gasteiger partial charge in [-0.1, -0.05) is 68.7 Å². The number of ether oxygens (including phenoxy) is 1. The van der Waals surface area contributed by atoms with E-state index in [1.54, 1.807) is 26.2 Å². The summed E-state index contributed by atoms with van der Waals surface area (Å²) in [5.41, 5.74) is 4.79. The van der Waals surface area contributed by atoms with Crippen molar-refractivity contribution in [2.45, 2.75) is 141 Å². The van der Waals surface area contributed by atoms with E-state index >= 15 is 0 Å². The number of thioether (sulfide) groups is 1. The number of aliphatic hydroxyl groups is 3. The van der Waals surface area contributed by atoms with Crippen LogP contribution in [0.5, 0.6) is 0 Å². The normalized spacial score (nSPS) is 31.1. The van der Waals surface area contributed by atoms with Gasteiger partial charge in [-0.2, -0.15) is 0 Å². The lowest BCUT2D eigenvalue weighted by Gasteiger charge is -2.44. The molecule has 1 amide bonds. The number of hydrogen-bond acceptors (Lipinski definition) is 8. The molecule has 9 atom stereocenters. The molecular formula is C39H63ClN2O6S. The fourth-order valence-corrected chi connectivity index (χ4v) is 8.00. The summed E-state index contributed by atoms with van der Waals surface area (Å²) in [6.45, 7) is 17.3. The van der Waals surface area contributed by atoms with Crippen molar-refractivity contribution < 1.29 is 29.6 Å². The highest BCUT2D eigenvalue weighted by molar-refractivity contribution is 7.99. The SMILES string of the molecule is CC(=O)/C=C(C)/C=C/C=C(C)/C=C/C1=C(C)CCCC1(C)C.CCCC1CC(C(=O)NC(C(C)Cl)C2OC(SC)C(O)C(O)C2O)N(C)C1. The topological polar surface area (TPSA) is 119 Å². The van der Waals surface area contributed by atoms with Crippen molar-refractivity contribution in [1.82, 2.24) is 10.2 Å². The molecule has 8 nitrogen and oxygen atoms in total. The number of likely N-dealkylation sites (N-methyl/N-ethyl adjacent to an activating group) is 1. The lowest BCUT2D eigenvalue weighted by atomic mass is 9.72. The van der Waals surface area contributed by atoms with E-state index in [4.69, 9.17) is 16.3 Å². The van der Waals surface area contributed by atoms with Gasteiger partial charge in [-0.25, -0.2) is 0 Å². The maximum atomic E-state index is 12.9. The number of likely N-dealkylation sites (tertiary alicyclic amines) is 1. The third-order valence-corrected chi connectivity index (χ3v) is 11.0. The molecule has 0 saturated carbocycles. The van der Waals surface area contributed by atoms with E-state index in [9.17, 15) is 24.9 Å². The molecule has 3 rings (SSSR count). The zero-order valence-corrected chi connectivity index (χ0v) is 33.0. The maximum absolute atomic E-state index is 12.9. The third kappa shape index (κ3) is 13.1. The molecule has 2 aliphatic heterocycles. The number of amides is 1. The van der Waals surface area contributed by atoms with Crippen LogP contribution in [0.2, 0.25) is 0 Å². The van der Waals surface area contributed by atoms with Crippen molar-refractivity contribution in [2.24, 2.45) is 11.3 Å². The molecule has 0 radical (unpaired) electrons. The summed E-state index contributed by atoms with van der Waals surface area (Å²) in [5, 5.41) is 33.0. The first-order valence-electron chi connectivity index (χ1n) is 17.7. The predicted molar refractivity (Wildman–Crippen MR) is 204 cm³/mol. The van der Waals surface area contributed by atoms with Crippen LogP contribution < -0.4 is 5.32 Å². The van der Waals surface area contributed by atoms with Crippen LogP contribution in [-0.2, 0) is 14.3 Å².